The lowest BCUT2D eigenvalue weighted by Gasteiger charge is -2.38. The molecule has 0 bridgehead atoms. The molecule has 108 valence electrons. The van der Waals surface area contributed by atoms with Gasteiger partial charge in [0.1, 0.15) is 6.04 Å². The van der Waals surface area contributed by atoms with E-state index in [2.05, 4.69) is 5.32 Å². The Labute approximate surface area is 114 Å². The first-order valence-electron chi connectivity index (χ1n) is 7.35. The van der Waals surface area contributed by atoms with Crippen molar-refractivity contribution in [2.45, 2.75) is 63.5 Å². The van der Waals surface area contributed by atoms with Crippen LogP contribution in [0.1, 0.15) is 51.9 Å². The van der Waals surface area contributed by atoms with Crippen molar-refractivity contribution in [2.24, 2.45) is 0 Å². The van der Waals surface area contributed by atoms with Crippen molar-refractivity contribution in [3.8, 4) is 0 Å². The summed E-state index contributed by atoms with van der Waals surface area (Å²) < 4.78 is 0. The second-order valence-electron chi connectivity index (χ2n) is 5.76. The highest BCUT2D eigenvalue weighted by atomic mass is 16.3. The van der Waals surface area contributed by atoms with Crippen molar-refractivity contribution in [3.63, 3.8) is 0 Å². The summed E-state index contributed by atoms with van der Waals surface area (Å²) in [6.45, 7) is 2.98. The van der Waals surface area contributed by atoms with Crippen LogP contribution in [0, 0.1) is 0 Å². The quantitative estimate of drug-likeness (QED) is 0.796. The van der Waals surface area contributed by atoms with E-state index in [0.29, 0.717) is 32.4 Å². The summed E-state index contributed by atoms with van der Waals surface area (Å²) in [6.07, 6.45) is 5.31. The molecule has 1 unspecified atom stereocenters. The lowest BCUT2D eigenvalue weighted by atomic mass is 9.82. The zero-order valence-electron chi connectivity index (χ0n) is 11.7. The van der Waals surface area contributed by atoms with Gasteiger partial charge in [0.05, 0.1) is 12.0 Å². The molecule has 0 aromatic heterocycles. The van der Waals surface area contributed by atoms with Crippen LogP contribution in [0.3, 0.4) is 0 Å². The van der Waals surface area contributed by atoms with Gasteiger partial charge in [0.15, 0.2) is 0 Å². The van der Waals surface area contributed by atoms with Crippen LogP contribution in [0.2, 0.25) is 0 Å². The Morgan fingerprint density at radius 3 is 2.74 bits per heavy atom. The van der Waals surface area contributed by atoms with E-state index in [1.165, 1.54) is 0 Å². The molecule has 2 rings (SSSR count). The molecule has 5 heteroatoms. The van der Waals surface area contributed by atoms with Gasteiger partial charge in [0, 0.05) is 13.1 Å². The first-order chi connectivity index (χ1) is 9.06. The third kappa shape index (κ3) is 3.26. The number of hydrogen-bond acceptors (Lipinski definition) is 3. The molecule has 2 fully saturated rings. The molecule has 1 aliphatic carbocycles. The SMILES string of the molecule is CCC1C(=O)NCCN1C(=O)CC1(O)CCCCC1. The molecule has 1 heterocycles. The van der Waals surface area contributed by atoms with Crippen LogP contribution in [0.15, 0.2) is 0 Å². The molecule has 1 aliphatic heterocycles. The molecule has 2 aliphatic rings. The monoisotopic (exact) mass is 268 g/mol. The number of piperazine rings is 1. The Morgan fingerprint density at radius 2 is 2.11 bits per heavy atom. The number of amides is 2. The van der Waals surface area contributed by atoms with E-state index in [1.54, 1.807) is 4.90 Å². The van der Waals surface area contributed by atoms with E-state index < -0.39 is 5.60 Å². The number of carbonyl (C=O) groups is 2. The highest BCUT2D eigenvalue weighted by Gasteiger charge is 2.37. The summed E-state index contributed by atoms with van der Waals surface area (Å²) in [4.78, 5) is 25.8. The summed E-state index contributed by atoms with van der Waals surface area (Å²) in [7, 11) is 0. The minimum Gasteiger partial charge on any atom is -0.389 e. The number of nitrogens with zero attached hydrogens (tertiary/aromatic N) is 1. The van der Waals surface area contributed by atoms with E-state index >= 15 is 0 Å². The van der Waals surface area contributed by atoms with Crippen LogP contribution in [0.25, 0.3) is 0 Å². The van der Waals surface area contributed by atoms with Gasteiger partial charge >= 0.3 is 0 Å². The van der Waals surface area contributed by atoms with Gasteiger partial charge < -0.3 is 15.3 Å². The topological polar surface area (TPSA) is 69.6 Å². The average molecular weight is 268 g/mol. The Bertz CT molecular complexity index is 351. The van der Waals surface area contributed by atoms with E-state index in [0.717, 1.165) is 19.3 Å². The highest BCUT2D eigenvalue weighted by molar-refractivity contribution is 5.89. The normalized spacial score (nSPS) is 26.9. The van der Waals surface area contributed by atoms with E-state index in [9.17, 15) is 14.7 Å². The first-order valence-corrected chi connectivity index (χ1v) is 7.35. The van der Waals surface area contributed by atoms with Gasteiger partial charge in [0.2, 0.25) is 11.8 Å². The fraction of sp³-hybridized carbons (Fsp3) is 0.857. The fourth-order valence-corrected chi connectivity index (χ4v) is 3.19. The molecule has 2 amide bonds. The van der Waals surface area contributed by atoms with Crippen molar-refractivity contribution in [2.75, 3.05) is 13.1 Å². The standard InChI is InChI=1S/C14H24N2O3/c1-2-11-13(18)15-8-9-16(11)12(17)10-14(19)6-4-3-5-7-14/h11,19H,2-10H2,1H3,(H,15,18). The molecule has 0 aromatic carbocycles. The first kappa shape index (κ1) is 14.3. The van der Waals surface area contributed by atoms with Crippen molar-refractivity contribution >= 4 is 11.8 Å². The third-order valence-corrected chi connectivity index (χ3v) is 4.30. The second kappa shape index (κ2) is 5.90. The molecule has 1 saturated carbocycles. The second-order valence-corrected chi connectivity index (χ2v) is 5.76. The minimum atomic E-state index is -0.846. The fourth-order valence-electron chi connectivity index (χ4n) is 3.19. The van der Waals surface area contributed by atoms with Gasteiger partial charge in [-0.3, -0.25) is 9.59 Å². The van der Waals surface area contributed by atoms with Gasteiger partial charge in [-0.1, -0.05) is 26.2 Å². The maximum Gasteiger partial charge on any atom is 0.242 e. The zero-order valence-corrected chi connectivity index (χ0v) is 11.7. The summed E-state index contributed by atoms with van der Waals surface area (Å²) in [5, 5.41) is 13.2. The molecule has 0 spiro atoms. The maximum absolute atomic E-state index is 12.4. The number of carbonyl (C=O) groups excluding carboxylic acids is 2. The number of aliphatic hydroxyl groups is 1. The zero-order chi connectivity index (χ0) is 13.9. The number of nitrogens with one attached hydrogen (secondary N) is 1. The summed E-state index contributed by atoms with van der Waals surface area (Å²) >= 11 is 0. The van der Waals surface area contributed by atoms with E-state index in [4.69, 9.17) is 0 Å². The Balaban J connectivity index is 1.99. The van der Waals surface area contributed by atoms with Crippen LogP contribution in [-0.2, 0) is 9.59 Å². The molecular weight excluding hydrogens is 244 g/mol. The van der Waals surface area contributed by atoms with E-state index in [-0.39, 0.29) is 24.3 Å². The van der Waals surface area contributed by atoms with Gasteiger partial charge in [0.25, 0.3) is 0 Å². The summed E-state index contributed by atoms with van der Waals surface area (Å²) in [5.74, 6) is -0.149. The van der Waals surface area contributed by atoms with E-state index in [1.807, 2.05) is 6.92 Å². The number of hydrogen-bond donors (Lipinski definition) is 2. The van der Waals surface area contributed by atoms with Crippen LogP contribution in [0.4, 0.5) is 0 Å². The van der Waals surface area contributed by atoms with Gasteiger partial charge in [-0.15, -0.1) is 0 Å². The molecule has 5 nitrogen and oxygen atoms in total. The van der Waals surface area contributed by atoms with Gasteiger partial charge in [-0.2, -0.15) is 0 Å². The van der Waals surface area contributed by atoms with Gasteiger partial charge in [-0.25, -0.2) is 0 Å². The van der Waals surface area contributed by atoms with Crippen LogP contribution in [-0.4, -0.2) is 46.6 Å². The summed E-state index contributed by atoms with van der Waals surface area (Å²) in [6, 6.07) is -0.367. The van der Waals surface area contributed by atoms with Crippen LogP contribution >= 0.6 is 0 Å². The largest absolute Gasteiger partial charge is 0.389 e. The Kier molecular flexibility index (Phi) is 4.45. The predicted octanol–water partition coefficient (Wildman–Crippen LogP) is 0.809. The predicted molar refractivity (Wildman–Crippen MR) is 71.5 cm³/mol. The Hall–Kier alpha value is -1.10. The van der Waals surface area contributed by atoms with Crippen molar-refractivity contribution < 1.29 is 14.7 Å². The molecule has 0 radical (unpaired) electrons. The maximum atomic E-state index is 12.4. The lowest BCUT2D eigenvalue weighted by Crippen LogP contribution is -2.58. The number of rotatable bonds is 3. The summed E-state index contributed by atoms with van der Waals surface area (Å²) in [5.41, 5.74) is -0.846. The third-order valence-electron chi connectivity index (χ3n) is 4.30. The smallest absolute Gasteiger partial charge is 0.242 e. The molecule has 1 atom stereocenters. The van der Waals surface area contributed by atoms with Crippen molar-refractivity contribution in [1.82, 2.24) is 10.2 Å². The van der Waals surface area contributed by atoms with Crippen molar-refractivity contribution in [3.05, 3.63) is 0 Å². The minimum absolute atomic E-state index is 0.0715. The highest BCUT2D eigenvalue weighted by Crippen LogP contribution is 2.31. The van der Waals surface area contributed by atoms with Gasteiger partial charge in [-0.05, 0) is 19.3 Å². The molecule has 1 saturated heterocycles. The average Bonchev–Trinajstić information content (AvgIpc) is 2.38. The van der Waals surface area contributed by atoms with Crippen LogP contribution < -0.4 is 5.32 Å². The lowest BCUT2D eigenvalue weighted by molar-refractivity contribution is -0.147. The van der Waals surface area contributed by atoms with Crippen LogP contribution in [0.5, 0.6) is 0 Å². The molecule has 0 aromatic rings. The molecular formula is C14H24N2O3. The van der Waals surface area contributed by atoms with Crippen molar-refractivity contribution in [1.29, 1.82) is 0 Å². The molecule has 19 heavy (non-hydrogen) atoms. The molecule has 2 N–H and O–H groups in total. The Morgan fingerprint density at radius 1 is 1.42 bits per heavy atom.